The monoisotopic (exact) mass is 286 g/mol. The van der Waals surface area contributed by atoms with Gasteiger partial charge >= 0.3 is 0 Å². The van der Waals surface area contributed by atoms with E-state index in [0.29, 0.717) is 6.54 Å². The molecule has 0 spiro atoms. The van der Waals surface area contributed by atoms with Crippen LogP contribution in [0.15, 0.2) is 23.1 Å². The molecule has 1 heterocycles. The molecule has 0 saturated carbocycles. The topological polar surface area (TPSA) is 63.4 Å². The number of nitrogens with two attached hydrogens (primary N) is 1. The maximum Gasteiger partial charge on any atom is 0.243 e. The van der Waals surface area contributed by atoms with Gasteiger partial charge in [0.25, 0.3) is 0 Å². The van der Waals surface area contributed by atoms with Crippen molar-refractivity contribution in [3.05, 3.63) is 24.0 Å². The van der Waals surface area contributed by atoms with Crippen LogP contribution in [0.1, 0.15) is 26.7 Å². The first-order valence-corrected chi connectivity index (χ1v) is 7.85. The van der Waals surface area contributed by atoms with Crippen LogP contribution in [0, 0.1) is 11.7 Å². The van der Waals surface area contributed by atoms with Crippen LogP contribution < -0.4 is 5.73 Å². The van der Waals surface area contributed by atoms with Gasteiger partial charge in [0.1, 0.15) is 5.82 Å². The summed E-state index contributed by atoms with van der Waals surface area (Å²) >= 11 is 0. The highest BCUT2D eigenvalue weighted by Gasteiger charge is 2.36. The van der Waals surface area contributed by atoms with Crippen LogP contribution in [-0.4, -0.2) is 25.3 Å². The van der Waals surface area contributed by atoms with Crippen molar-refractivity contribution in [2.24, 2.45) is 5.92 Å². The van der Waals surface area contributed by atoms with Gasteiger partial charge in [0.15, 0.2) is 0 Å². The average molecular weight is 286 g/mol. The molecule has 1 aliphatic heterocycles. The SMILES string of the molecule is CC(C)C1CCCN1S(=O)(=O)c1ccc(F)c(N)c1. The van der Waals surface area contributed by atoms with E-state index in [9.17, 15) is 12.8 Å². The van der Waals surface area contributed by atoms with E-state index in [-0.39, 0.29) is 22.5 Å². The summed E-state index contributed by atoms with van der Waals surface area (Å²) in [5, 5.41) is 0. The van der Waals surface area contributed by atoms with Crippen molar-refractivity contribution in [1.29, 1.82) is 0 Å². The molecule has 0 aromatic heterocycles. The molecule has 1 saturated heterocycles. The summed E-state index contributed by atoms with van der Waals surface area (Å²) in [7, 11) is -3.59. The average Bonchev–Trinajstić information content (AvgIpc) is 2.82. The fourth-order valence-corrected chi connectivity index (χ4v) is 4.41. The van der Waals surface area contributed by atoms with Gasteiger partial charge in [0.05, 0.1) is 10.6 Å². The second-order valence-electron chi connectivity index (χ2n) is 5.25. The Morgan fingerprint density at radius 2 is 2.11 bits per heavy atom. The molecule has 1 aliphatic rings. The highest BCUT2D eigenvalue weighted by molar-refractivity contribution is 7.89. The van der Waals surface area contributed by atoms with Crippen molar-refractivity contribution in [3.8, 4) is 0 Å². The number of sulfonamides is 1. The van der Waals surface area contributed by atoms with Crippen molar-refractivity contribution in [1.82, 2.24) is 4.31 Å². The fraction of sp³-hybridized carbons (Fsp3) is 0.538. The van der Waals surface area contributed by atoms with Gasteiger partial charge in [0.2, 0.25) is 10.0 Å². The number of benzene rings is 1. The quantitative estimate of drug-likeness (QED) is 0.867. The van der Waals surface area contributed by atoms with E-state index in [1.807, 2.05) is 13.8 Å². The summed E-state index contributed by atoms with van der Waals surface area (Å²) in [6, 6.07) is 3.58. The zero-order valence-corrected chi connectivity index (χ0v) is 12.0. The summed E-state index contributed by atoms with van der Waals surface area (Å²) in [5.74, 6) is -0.337. The molecule has 0 bridgehead atoms. The predicted molar refractivity (Wildman–Crippen MR) is 72.6 cm³/mol. The Morgan fingerprint density at radius 1 is 1.42 bits per heavy atom. The summed E-state index contributed by atoms with van der Waals surface area (Å²) in [6.45, 7) is 4.54. The predicted octanol–water partition coefficient (Wildman–Crippen LogP) is 2.22. The van der Waals surface area contributed by atoms with E-state index in [2.05, 4.69) is 0 Å². The van der Waals surface area contributed by atoms with Crippen LogP contribution in [0.3, 0.4) is 0 Å². The first-order valence-electron chi connectivity index (χ1n) is 6.41. The second-order valence-corrected chi connectivity index (χ2v) is 7.14. The van der Waals surface area contributed by atoms with E-state index < -0.39 is 15.8 Å². The Bertz CT molecular complexity index is 572. The minimum Gasteiger partial charge on any atom is -0.396 e. The highest BCUT2D eigenvalue weighted by Crippen LogP contribution is 2.30. The van der Waals surface area contributed by atoms with Gasteiger partial charge < -0.3 is 5.73 Å². The molecule has 0 radical (unpaired) electrons. The number of anilines is 1. The van der Waals surface area contributed by atoms with Gasteiger partial charge in [-0.05, 0) is 37.0 Å². The van der Waals surface area contributed by atoms with Crippen LogP contribution >= 0.6 is 0 Å². The molecule has 1 unspecified atom stereocenters. The van der Waals surface area contributed by atoms with Gasteiger partial charge in [-0.3, -0.25) is 0 Å². The van der Waals surface area contributed by atoms with Crippen LogP contribution in [0.25, 0.3) is 0 Å². The van der Waals surface area contributed by atoms with Crippen molar-refractivity contribution in [2.45, 2.75) is 37.6 Å². The van der Waals surface area contributed by atoms with Gasteiger partial charge in [-0.2, -0.15) is 4.31 Å². The Labute approximate surface area is 113 Å². The molecule has 106 valence electrons. The summed E-state index contributed by atoms with van der Waals surface area (Å²) in [6.07, 6.45) is 1.73. The van der Waals surface area contributed by atoms with Gasteiger partial charge in [-0.15, -0.1) is 0 Å². The lowest BCUT2D eigenvalue weighted by atomic mass is 10.0. The van der Waals surface area contributed by atoms with E-state index in [0.717, 1.165) is 18.9 Å². The molecular formula is C13H19FN2O2S. The highest BCUT2D eigenvalue weighted by atomic mass is 32.2. The lowest BCUT2D eigenvalue weighted by Gasteiger charge is -2.27. The Balaban J connectivity index is 2.39. The van der Waals surface area contributed by atoms with Crippen molar-refractivity contribution >= 4 is 15.7 Å². The van der Waals surface area contributed by atoms with E-state index in [1.54, 1.807) is 0 Å². The third-order valence-corrected chi connectivity index (χ3v) is 5.51. The minimum absolute atomic E-state index is 0.0104. The minimum atomic E-state index is -3.59. The van der Waals surface area contributed by atoms with Crippen LogP contribution in [0.2, 0.25) is 0 Å². The smallest absolute Gasteiger partial charge is 0.243 e. The Morgan fingerprint density at radius 3 is 2.68 bits per heavy atom. The molecule has 1 fully saturated rings. The third kappa shape index (κ3) is 2.60. The number of hydrogen-bond acceptors (Lipinski definition) is 3. The van der Waals surface area contributed by atoms with E-state index in [4.69, 9.17) is 5.73 Å². The maximum absolute atomic E-state index is 13.1. The maximum atomic E-state index is 13.1. The largest absolute Gasteiger partial charge is 0.396 e. The van der Waals surface area contributed by atoms with E-state index in [1.165, 1.54) is 16.4 Å². The lowest BCUT2D eigenvalue weighted by Crippen LogP contribution is -2.38. The van der Waals surface area contributed by atoms with Crippen LogP contribution in [0.4, 0.5) is 10.1 Å². The summed E-state index contributed by atoms with van der Waals surface area (Å²) < 4.78 is 39.8. The van der Waals surface area contributed by atoms with Gasteiger partial charge in [0, 0.05) is 12.6 Å². The third-order valence-electron chi connectivity index (χ3n) is 3.59. The molecular weight excluding hydrogens is 267 g/mol. The van der Waals surface area contributed by atoms with Gasteiger partial charge in [-0.1, -0.05) is 13.8 Å². The number of hydrogen-bond donors (Lipinski definition) is 1. The standard InChI is InChI=1S/C13H19FN2O2S/c1-9(2)13-4-3-7-16(13)19(17,18)10-5-6-11(14)12(15)8-10/h5-6,8-9,13H,3-4,7,15H2,1-2H3. The molecule has 6 heteroatoms. The van der Waals surface area contributed by atoms with Crippen molar-refractivity contribution in [3.63, 3.8) is 0 Å². The lowest BCUT2D eigenvalue weighted by molar-refractivity contribution is 0.316. The molecule has 0 amide bonds. The molecule has 1 aromatic rings. The Kier molecular flexibility index (Phi) is 3.82. The first kappa shape index (κ1) is 14.3. The molecule has 1 aromatic carbocycles. The summed E-state index contributed by atoms with van der Waals surface area (Å²) in [5.41, 5.74) is 5.31. The first-order chi connectivity index (χ1) is 8.84. The molecule has 2 N–H and O–H groups in total. The van der Waals surface area contributed by atoms with Gasteiger partial charge in [-0.25, -0.2) is 12.8 Å². The van der Waals surface area contributed by atoms with Crippen molar-refractivity contribution < 1.29 is 12.8 Å². The fourth-order valence-electron chi connectivity index (χ4n) is 2.55. The molecule has 19 heavy (non-hydrogen) atoms. The van der Waals surface area contributed by atoms with Crippen LogP contribution in [-0.2, 0) is 10.0 Å². The summed E-state index contributed by atoms with van der Waals surface area (Å²) in [4.78, 5) is 0.0685. The Hall–Kier alpha value is -1.14. The van der Waals surface area contributed by atoms with Crippen LogP contribution in [0.5, 0.6) is 0 Å². The van der Waals surface area contributed by atoms with E-state index >= 15 is 0 Å². The molecule has 0 aliphatic carbocycles. The van der Waals surface area contributed by atoms with Crippen molar-refractivity contribution in [2.75, 3.05) is 12.3 Å². The normalized spacial score (nSPS) is 21.2. The zero-order chi connectivity index (χ0) is 14.2. The number of nitrogen functional groups attached to an aromatic ring is 1. The number of halogens is 1. The molecule has 2 rings (SSSR count). The number of nitrogens with zero attached hydrogens (tertiary/aromatic N) is 1. The second kappa shape index (κ2) is 5.09. The number of rotatable bonds is 3. The molecule has 1 atom stereocenters. The molecule has 4 nitrogen and oxygen atoms in total. The zero-order valence-electron chi connectivity index (χ0n) is 11.1.